The number of benzene rings is 1. The molecule has 7 nitrogen and oxygen atoms in total. The number of hydrogen-bond donors (Lipinski definition) is 3. The van der Waals surface area contributed by atoms with Crippen LogP contribution in [0.15, 0.2) is 30.3 Å². The van der Waals surface area contributed by atoms with E-state index in [9.17, 15) is 9.59 Å². The number of carbonyl (C=O) groups is 2. The van der Waals surface area contributed by atoms with E-state index >= 15 is 0 Å². The van der Waals surface area contributed by atoms with Crippen molar-refractivity contribution in [3.63, 3.8) is 0 Å². The first-order chi connectivity index (χ1) is 12.7. The average molecular weight is 357 g/mol. The van der Waals surface area contributed by atoms with Gasteiger partial charge in [-0.1, -0.05) is 30.3 Å². The number of rotatable bonds is 6. The summed E-state index contributed by atoms with van der Waals surface area (Å²) < 4.78 is 0. The molecule has 1 aromatic rings. The molecule has 0 spiro atoms. The zero-order valence-electron chi connectivity index (χ0n) is 15.0. The highest BCUT2D eigenvalue weighted by Crippen LogP contribution is 2.39. The monoisotopic (exact) mass is 357 g/mol. The summed E-state index contributed by atoms with van der Waals surface area (Å²) in [6.45, 7) is 6.75. The van der Waals surface area contributed by atoms with E-state index in [1.807, 2.05) is 6.07 Å². The van der Waals surface area contributed by atoms with Gasteiger partial charge in [0.25, 0.3) is 0 Å². The highest BCUT2D eigenvalue weighted by Gasteiger charge is 2.54. The maximum Gasteiger partial charge on any atom is 0.317 e. The number of likely N-dealkylation sites (tertiary alicyclic amines) is 1. The predicted octanol–water partition coefficient (Wildman–Crippen LogP) is -0.151. The Morgan fingerprint density at radius 3 is 2.92 bits per heavy atom. The lowest BCUT2D eigenvalue weighted by Gasteiger charge is -2.27. The van der Waals surface area contributed by atoms with Crippen LogP contribution in [-0.4, -0.2) is 74.1 Å². The number of hydrogen-bond acceptors (Lipinski definition) is 4. The van der Waals surface area contributed by atoms with E-state index in [2.05, 4.69) is 45.1 Å². The molecular weight excluding hydrogens is 330 g/mol. The fraction of sp³-hybridized carbons (Fsp3) is 0.579. The fourth-order valence-electron chi connectivity index (χ4n) is 4.51. The van der Waals surface area contributed by atoms with Crippen LogP contribution in [0, 0.1) is 11.3 Å². The molecule has 3 aliphatic heterocycles. The second kappa shape index (κ2) is 7.25. The quantitative estimate of drug-likeness (QED) is 0.662. The van der Waals surface area contributed by atoms with Crippen LogP contribution in [0.5, 0.6) is 0 Å². The van der Waals surface area contributed by atoms with Crippen LogP contribution in [-0.2, 0) is 11.3 Å². The molecule has 1 aromatic carbocycles. The molecule has 0 aliphatic carbocycles. The maximum atomic E-state index is 13.0. The van der Waals surface area contributed by atoms with Gasteiger partial charge in [0.15, 0.2) is 0 Å². The Morgan fingerprint density at radius 1 is 1.31 bits per heavy atom. The summed E-state index contributed by atoms with van der Waals surface area (Å²) in [5.41, 5.74) is 0.943. The summed E-state index contributed by atoms with van der Waals surface area (Å²) in [6.07, 6.45) is 0. The van der Waals surface area contributed by atoms with Gasteiger partial charge in [-0.3, -0.25) is 9.69 Å². The van der Waals surface area contributed by atoms with Crippen LogP contribution in [0.2, 0.25) is 0 Å². The maximum absolute atomic E-state index is 13.0. The molecule has 3 aliphatic rings. The van der Waals surface area contributed by atoms with Gasteiger partial charge in [0.1, 0.15) is 0 Å². The van der Waals surface area contributed by atoms with Gasteiger partial charge >= 0.3 is 6.03 Å². The number of carbonyl (C=O) groups excluding carboxylic acids is 2. The first-order valence-corrected chi connectivity index (χ1v) is 9.45. The molecule has 0 bridgehead atoms. The van der Waals surface area contributed by atoms with Gasteiger partial charge in [-0.2, -0.15) is 0 Å². The van der Waals surface area contributed by atoms with Crippen molar-refractivity contribution in [2.75, 3.05) is 52.4 Å². The molecule has 2 atom stereocenters. The van der Waals surface area contributed by atoms with Crippen molar-refractivity contribution in [3.05, 3.63) is 35.9 Å². The first kappa shape index (κ1) is 17.3. The normalized spacial score (nSPS) is 28.2. The van der Waals surface area contributed by atoms with Gasteiger partial charge in [0.05, 0.1) is 5.41 Å². The lowest BCUT2D eigenvalue weighted by atomic mass is 9.80. The largest absolute Gasteiger partial charge is 0.354 e. The summed E-state index contributed by atoms with van der Waals surface area (Å²) in [5, 5.41) is 9.28. The average Bonchev–Trinajstić information content (AvgIpc) is 3.31. The van der Waals surface area contributed by atoms with Crippen LogP contribution < -0.4 is 16.0 Å². The van der Waals surface area contributed by atoms with E-state index in [1.165, 1.54) is 5.56 Å². The van der Waals surface area contributed by atoms with Crippen LogP contribution in [0.3, 0.4) is 0 Å². The van der Waals surface area contributed by atoms with E-state index in [0.717, 1.165) is 39.3 Å². The molecule has 140 valence electrons. The standard InChI is InChI=1S/C19H27N5O2/c25-17(21-6-8-24-9-7-22-18(24)26)19-13-20-10-16(19)12-23(14-19)11-15-4-2-1-3-5-15/h1-5,16,20H,6-14H2,(H,21,25)(H,22,26)/t16-,19-/m0/s1. The van der Waals surface area contributed by atoms with Crippen molar-refractivity contribution in [1.29, 1.82) is 0 Å². The summed E-state index contributed by atoms with van der Waals surface area (Å²) in [4.78, 5) is 28.7. The van der Waals surface area contributed by atoms with Gasteiger partial charge in [0, 0.05) is 64.8 Å². The van der Waals surface area contributed by atoms with Crippen molar-refractivity contribution in [3.8, 4) is 0 Å². The summed E-state index contributed by atoms with van der Waals surface area (Å²) in [5.74, 6) is 0.476. The van der Waals surface area contributed by atoms with Crippen molar-refractivity contribution in [1.82, 2.24) is 25.8 Å². The van der Waals surface area contributed by atoms with Gasteiger partial charge in [-0.15, -0.1) is 0 Å². The molecule has 3 N–H and O–H groups in total. The third kappa shape index (κ3) is 3.29. The van der Waals surface area contributed by atoms with Gasteiger partial charge < -0.3 is 20.9 Å². The van der Waals surface area contributed by atoms with E-state index in [4.69, 9.17) is 0 Å². The Kier molecular flexibility index (Phi) is 4.82. The van der Waals surface area contributed by atoms with Crippen molar-refractivity contribution < 1.29 is 9.59 Å². The minimum absolute atomic E-state index is 0.0345. The highest BCUT2D eigenvalue weighted by atomic mass is 16.2. The fourth-order valence-corrected chi connectivity index (χ4v) is 4.51. The molecule has 3 amide bonds. The van der Waals surface area contributed by atoms with Crippen LogP contribution in [0.1, 0.15) is 5.56 Å². The second-order valence-corrected chi connectivity index (χ2v) is 7.61. The third-order valence-electron chi connectivity index (χ3n) is 5.91. The molecule has 3 saturated heterocycles. The predicted molar refractivity (Wildman–Crippen MR) is 98.5 cm³/mol. The number of fused-ring (bicyclic) bond motifs is 1. The van der Waals surface area contributed by atoms with Crippen molar-refractivity contribution in [2.45, 2.75) is 6.54 Å². The molecule has 4 rings (SSSR count). The SMILES string of the molecule is O=C1NCCN1CCNC(=O)[C@]12CNC[C@H]1CN(Cc1ccccc1)C2. The van der Waals surface area contributed by atoms with Gasteiger partial charge in [-0.25, -0.2) is 4.79 Å². The summed E-state index contributed by atoms with van der Waals surface area (Å²) in [7, 11) is 0. The summed E-state index contributed by atoms with van der Waals surface area (Å²) >= 11 is 0. The molecule has 26 heavy (non-hydrogen) atoms. The van der Waals surface area contributed by atoms with E-state index in [1.54, 1.807) is 4.90 Å². The molecule has 0 unspecified atom stereocenters. The van der Waals surface area contributed by atoms with E-state index in [0.29, 0.717) is 25.6 Å². The lowest BCUT2D eigenvalue weighted by molar-refractivity contribution is -0.130. The molecule has 0 radical (unpaired) electrons. The minimum atomic E-state index is -0.345. The highest BCUT2D eigenvalue weighted by molar-refractivity contribution is 5.84. The third-order valence-corrected chi connectivity index (χ3v) is 5.91. The Morgan fingerprint density at radius 2 is 2.15 bits per heavy atom. The zero-order chi connectivity index (χ0) is 18.0. The Balaban J connectivity index is 1.34. The van der Waals surface area contributed by atoms with Gasteiger partial charge in [-0.05, 0) is 5.56 Å². The smallest absolute Gasteiger partial charge is 0.317 e. The molecule has 0 saturated carbocycles. The van der Waals surface area contributed by atoms with E-state index < -0.39 is 0 Å². The van der Waals surface area contributed by atoms with Crippen LogP contribution >= 0.6 is 0 Å². The number of urea groups is 1. The molecule has 3 heterocycles. The number of nitrogens with zero attached hydrogens (tertiary/aromatic N) is 2. The molecular formula is C19H27N5O2. The van der Waals surface area contributed by atoms with E-state index in [-0.39, 0.29) is 17.4 Å². The van der Waals surface area contributed by atoms with Crippen molar-refractivity contribution >= 4 is 11.9 Å². The second-order valence-electron chi connectivity index (χ2n) is 7.61. The Hall–Kier alpha value is -2.12. The van der Waals surface area contributed by atoms with Crippen LogP contribution in [0.4, 0.5) is 4.79 Å². The molecule has 3 fully saturated rings. The molecule has 0 aromatic heterocycles. The zero-order valence-corrected chi connectivity index (χ0v) is 15.0. The number of amides is 3. The first-order valence-electron chi connectivity index (χ1n) is 9.45. The van der Waals surface area contributed by atoms with Crippen molar-refractivity contribution in [2.24, 2.45) is 11.3 Å². The Bertz CT molecular complexity index is 667. The van der Waals surface area contributed by atoms with Gasteiger partial charge in [0.2, 0.25) is 5.91 Å². The summed E-state index contributed by atoms with van der Waals surface area (Å²) in [6, 6.07) is 10.4. The lowest BCUT2D eigenvalue weighted by Crippen LogP contribution is -2.49. The number of nitrogens with one attached hydrogen (secondary N) is 3. The van der Waals surface area contributed by atoms with Crippen LogP contribution in [0.25, 0.3) is 0 Å². The molecule has 7 heteroatoms. The topological polar surface area (TPSA) is 76.7 Å². The minimum Gasteiger partial charge on any atom is -0.354 e. The Labute approximate surface area is 154 Å².